The highest BCUT2D eigenvalue weighted by atomic mass is 16.3. The van der Waals surface area contributed by atoms with Crippen LogP contribution in [-0.4, -0.2) is 23.8 Å². The van der Waals surface area contributed by atoms with Gasteiger partial charge in [-0.1, -0.05) is 31.2 Å². The van der Waals surface area contributed by atoms with Gasteiger partial charge >= 0.3 is 0 Å². The maximum atomic E-state index is 11.5. The number of hydrogen-bond donors (Lipinski definition) is 1. The second-order valence-electron chi connectivity index (χ2n) is 7.64. The first-order chi connectivity index (χ1) is 11.0. The van der Waals surface area contributed by atoms with Crippen molar-refractivity contribution in [1.82, 2.24) is 0 Å². The summed E-state index contributed by atoms with van der Waals surface area (Å²) in [6.07, 6.45) is 13.5. The number of allylic oxidation sites excluding steroid dienone is 4. The van der Waals surface area contributed by atoms with Gasteiger partial charge in [-0.2, -0.15) is 0 Å². The Morgan fingerprint density at radius 3 is 2.78 bits per heavy atom. The Hall–Kier alpha value is -1.48. The predicted molar refractivity (Wildman–Crippen MR) is 89.6 cm³/mol. The molecule has 0 aliphatic heterocycles. The Labute approximate surface area is 138 Å². The lowest BCUT2D eigenvalue weighted by Gasteiger charge is -2.31. The Morgan fingerprint density at radius 2 is 2.09 bits per heavy atom. The van der Waals surface area contributed by atoms with Crippen molar-refractivity contribution < 1.29 is 14.7 Å². The van der Waals surface area contributed by atoms with E-state index in [1.807, 2.05) is 12.2 Å². The molecule has 6 atom stereocenters. The van der Waals surface area contributed by atoms with E-state index < -0.39 is 6.10 Å². The molecule has 0 aromatic rings. The van der Waals surface area contributed by atoms with Gasteiger partial charge in [-0.25, -0.2) is 0 Å². The lowest BCUT2D eigenvalue weighted by molar-refractivity contribution is -0.106. The van der Waals surface area contributed by atoms with Crippen molar-refractivity contribution in [1.29, 1.82) is 0 Å². The van der Waals surface area contributed by atoms with Crippen LogP contribution in [0.15, 0.2) is 35.5 Å². The third-order valence-corrected chi connectivity index (χ3v) is 6.49. The topological polar surface area (TPSA) is 54.4 Å². The van der Waals surface area contributed by atoms with Crippen LogP contribution in [0.3, 0.4) is 0 Å². The zero-order chi connectivity index (χ0) is 16.6. The zero-order valence-electron chi connectivity index (χ0n) is 13.9. The third-order valence-electron chi connectivity index (χ3n) is 6.49. The molecule has 2 saturated carbocycles. The quantitative estimate of drug-likeness (QED) is 0.492. The summed E-state index contributed by atoms with van der Waals surface area (Å²) in [6.45, 7) is 3.88. The number of rotatable bonds is 4. The van der Waals surface area contributed by atoms with Crippen molar-refractivity contribution in [3.05, 3.63) is 35.5 Å². The molecule has 3 aliphatic rings. The van der Waals surface area contributed by atoms with Crippen LogP contribution in [0.4, 0.5) is 0 Å². The molecular formula is C20H26O3. The fraction of sp³-hybridized carbons (Fsp3) is 0.600. The highest BCUT2D eigenvalue weighted by Gasteiger charge is 2.61. The van der Waals surface area contributed by atoms with Crippen LogP contribution < -0.4 is 0 Å². The van der Waals surface area contributed by atoms with Gasteiger partial charge < -0.3 is 5.11 Å². The molecule has 3 nitrogen and oxygen atoms in total. The molecule has 0 aromatic heterocycles. The maximum Gasteiger partial charge on any atom is 0.146 e. The molecular weight excluding hydrogens is 288 g/mol. The number of aldehydes is 2. The summed E-state index contributed by atoms with van der Waals surface area (Å²) in [5.41, 5.74) is 1.14. The van der Waals surface area contributed by atoms with Crippen molar-refractivity contribution in [2.75, 3.05) is 0 Å². The number of carbonyl (C=O) groups is 2. The molecule has 0 spiro atoms. The maximum absolute atomic E-state index is 11.5. The highest BCUT2D eigenvalue weighted by molar-refractivity contribution is 5.75. The largest absolute Gasteiger partial charge is 0.392 e. The first kappa shape index (κ1) is 16.4. The standard InChI is InChI=1S/C20H26O3/c1-13(11-21)5-4-10-20(2)16-9-8-14-6-3-7-15(12-22)18(17(14)16)19(20)23/h4-5,7,10-12,14,16-19,23H,3,6,8-9H2,1-2H3/b10-4+,13-5+/t14-,16-,17+,18-,19+,20+/m0/s1. The second-order valence-corrected chi connectivity index (χ2v) is 7.64. The minimum Gasteiger partial charge on any atom is -0.392 e. The summed E-state index contributed by atoms with van der Waals surface area (Å²) < 4.78 is 0. The predicted octanol–water partition coefficient (Wildman–Crippen LogP) is 3.25. The van der Waals surface area contributed by atoms with Crippen LogP contribution in [0.5, 0.6) is 0 Å². The number of carbonyl (C=O) groups excluding carboxylic acids is 2. The molecule has 0 heterocycles. The molecule has 0 unspecified atom stereocenters. The van der Waals surface area contributed by atoms with E-state index in [9.17, 15) is 14.7 Å². The van der Waals surface area contributed by atoms with Gasteiger partial charge in [-0.3, -0.25) is 9.59 Å². The lowest BCUT2D eigenvalue weighted by atomic mass is 9.75. The number of hydrogen-bond acceptors (Lipinski definition) is 3. The van der Waals surface area contributed by atoms with Gasteiger partial charge in [0, 0.05) is 11.3 Å². The summed E-state index contributed by atoms with van der Waals surface area (Å²) in [4.78, 5) is 22.3. The highest BCUT2D eigenvalue weighted by Crippen LogP contribution is 2.63. The van der Waals surface area contributed by atoms with Crippen LogP contribution in [0.2, 0.25) is 0 Å². The van der Waals surface area contributed by atoms with E-state index in [-0.39, 0.29) is 11.3 Å². The zero-order valence-corrected chi connectivity index (χ0v) is 13.9. The molecule has 3 rings (SSSR count). The van der Waals surface area contributed by atoms with E-state index in [0.717, 1.165) is 37.4 Å². The Balaban J connectivity index is 1.97. The molecule has 0 bridgehead atoms. The Kier molecular flexibility index (Phi) is 4.41. The Bertz CT molecular complexity index is 586. The molecule has 0 saturated heterocycles. The lowest BCUT2D eigenvalue weighted by Crippen LogP contribution is -2.33. The van der Waals surface area contributed by atoms with Gasteiger partial charge in [-0.15, -0.1) is 0 Å². The average molecular weight is 314 g/mol. The van der Waals surface area contributed by atoms with Crippen molar-refractivity contribution in [2.45, 2.75) is 45.6 Å². The average Bonchev–Trinajstić information content (AvgIpc) is 2.97. The molecule has 23 heavy (non-hydrogen) atoms. The van der Waals surface area contributed by atoms with Gasteiger partial charge in [0.1, 0.15) is 12.6 Å². The van der Waals surface area contributed by atoms with Crippen LogP contribution >= 0.6 is 0 Å². The van der Waals surface area contributed by atoms with Gasteiger partial charge in [-0.05, 0) is 61.5 Å². The number of aliphatic hydroxyl groups is 1. The number of aliphatic hydroxyl groups excluding tert-OH is 1. The van der Waals surface area contributed by atoms with Gasteiger partial charge in [0.25, 0.3) is 0 Å². The van der Waals surface area contributed by atoms with Crippen molar-refractivity contribution in [2.24, 2.45) is 29.1 Å². The Morgan fingerprint density at radius 1 is 1.30 bits per heavy atom. The molecule has 0 radical (unpaired) electrons. The van der Waals surface area contributed by atoms with Crippen molar-refractivity contribution in [3.8, 4) is 0 Å². The fourth-order valence-electron chi connectivity index (χ4n) is 5.33. The van der Waals surface area contributed by atoms with Crippen molar-refractivity contribution >= 4 is 12.6 Å². The molecule has 3 aliphatic carbocycles. The fourth-order valence-corrected chi connectivity index (χ4v) is 5.33. The monoisotopic (exact) mass is 314 g/mol. The van der Waals surface area contributed by atoms with Gasteiger partial charge in [0.15, 0.2) is 0 Å². The summed E-state index contributed by atoms with van der Waals surface area (Å²) >= 11 is 0. The first-order valence-corrected chi connectivity index (χ1v) is 8.67. The van der Waals surface area contributed by atoms with E-state index in [2.05, 4.69) is 13.0 Å². The van der Waals surface area contributed by atoms with Crippen LogP contribution in [0.25, 0.3) is 0 Å². The molecule has 1 N–H and O–H groups in total. The molecule has 0 amide bonds. The van der Waals surface area contributed by atoms with Crippen LogP contribution in [-0.2, 0) is 9.59 Å². The molecule has 3 heteroatoms. The minimum atomic E-state index is -0.531. The van der Waals surface area contributed by atoms with E-state index in [0.29, 0.717) is 23.3 Å². The van der Waals surface area contributed by atoms with Crippen molar-refractivity contribution in [3.63, 3.8) is 0 Å². The summed E-state index contributed by atoms with van der Waals surface area (Å²) in [5.74, 6) is 1.42. The second kappa shape index (κ2) is 6.20. The molecule has 0 aromatic carbocycles. The SMILES string of the molecule is C/C(C=O)=C\C=C\[C@@]1(C)[C@H](O)[C@H]2C(C=O)=CCC[C@H]3CC[C@H]1[C@@H]32. The molecule has 2 fully saturated rings. The summed E-state index contributed by atoms with van der Waals surface area (Å²) in [5, 5.41) is 11.1. The smallest absolute Gasteiger partial charge is 0.146 e. The van der Waals surface area contributed by atoms with Gasteiger partial charge in [0.05, 0.1) is 6.10 Å². The first-order valence-electron chi connectivity index (χ1n) is 8.67. The van der Waals surface area contributed by atoms with E-state index in [1.54, 1.807) is 13.0 Å². The summed E-state index contributed by atoms with van der Waals surface area (Å²) in [7, 11) is 0. The van der Waals surface area contributed by atoms with E-state index in [4.69, 9.17) is 0 Å². The normalized spacial score (nSPS) is 43.2. The van der Waals surface area contributed by atoms with Gasteiger partial charge in [0.2, 0.25) is 0 Å². The van der Waals surface area contributed by atoms with Crippen LogP contribution in [0.1, 0.15) is 39.5 Å². The van der Waals surface area contributed by atoms with E-state index in [1.165, 1.54) is 6.42 Å². The van der Waals surface area contributed by atoms with Crippen LogP contribution in [0, 0.1) is 29.1 Å². The molecule has 124 valence electrons. The minimum absolute atomic E-state index is 0.0294. The van der Waals surface area contributed by atoms with E-state index >= 15 is 0 Å². The third kappa shape index (κ3) is 2.55. The summed E-state index contributed by atoms with van der Waals surface area (Å²) in [6, 6.07) is 0.